The molecule has 0 radical (unpaired) electrons. The van der Waals surface area contributed by atoms with Crippen molar-refractivity contribution in [3.63, 3.8) is 0 Å². The Bertz CT molecular complexity index is 710. The summed E-state index contributed by atoms with van der Waals surface area (Å²) in [6, 6.07) is 2.74. The van der Waals surface area contributed by atoms with Crippen LogP contribution in [0.25, 0.3) is 0 Å². The number of anilines is 2. The van der Waals surface area contributed by atoms with Gasteiger partial charge in [-0.1, -0.05) is 23.2 Å². The van der Waals surface area contributed by atoms with Gasteiger partial charge < -0.3 is 15.0 Å². The number of hydrogen-bond acceptors (Lipinski definition) is 6. The van der Waals surface area contributed by atoms with Crippen LogP contribution < -0.4 is 10.2 Å². The van der Waals surface area contributed by atoms with Crippen LogP contribution in [0, 0.1) is 5.82 Å². The zero-order valence-electron chi connectivity index (χ0n) is 13.0. The molecule has 0 unspecified atom stereocenters. The van der Waals surface area contributed by atoms with Crippen LogP contribution in [0.1, 0.15) is 18.7 Å². The van der Waals surface area contributed by atoms with E-state index in [0.717, 1.165) is 0 Å². The van der Waals surface area contributed by atoms with Crippen molar-refractivity contribution in [1.82, 2.24) is 15.0 Å². The molecule has 0 aliphatic carbocycles. The summed E-state index contributed by atoms with van der Waals surface area (Å²) in [4.78, 5) is 14.7. The van der Waals surface area contributed by atoms with Gasteiger partial charge in [0, 0.05) is 13.1 Å². The predicted molar refractivity (Wildman–Crippen MR) is 91.3 cm³/mol. The molecule has 2 aromatic heterocycles. The highest BCUT2D eigenvalue weighted by Gasteiger charge is 2.20. The summed E-state index contributed by atoms with van der Waals surface area (Å²) in [6.07, 6.45) is 1.17. The zero-order chi connectivity index (χ0) is 17.1. The molecule has 24 heavy (non-hydrogen) atoms. The molecule has 0 spiro atoms. The molecule has 6 nitrogen and oxygen atoms in total. The van der Waals surface area contributed by atoms with Crippen LogP contribution >= 0.6 is 23.2 Å². The Labute approximate surface area is 149 Å². The van der Waals surface area contributed by atoms with Crippen molar-refractivity contribution in [3.8, 4) is 0 Å². The van der Waals surface area contributed by atoms with Crippen molar-refractivity contribution >= 4 is 35.0 Å². The molecule has 1 aliphatic rings. The molecule has 0 saturated carbocycles. The predicted octanol–water partition coefficient (Wildman–Crippen LogP) is 3.33. The molecular formula is C15H16Cl2FN5O. The third-order valence-corrected chi connectivity index (χ3v) is 4.36. The van der Waals surface area contributed by atoms with Crippen molar-refractivity contribution in [2.24, 2.45) is 0 Å². The van der Waals surface area contributed by atoms with E-state index in [1.807, 2.05) is 11.8 Å². The zero-order valence-corrected chi connectivity index (χ0v) is 14.5. The number of halogens is 3. The lowest BCUT2D eigenvalue weighted by Gasteiger charge is -2.29. The number of rotatable bonds is 4. The Morgan fingerprint density at radius 1 is 1.25 bits per heavy atom. The van der Waals surface area contributed by atoms with E-state index in [2.05, 4.69) is 20.3 Å². The minimum atomic E-state index is -0.383. The fourth-order valence-corrected chi connectivity index (χ4v) is 2.74. The molecule has 9 heteroatoms. The van der Waals surface area contributed by atoms with Crippen LogP contribution in [0.4, 0.5) is 16.2 Å². The number of ether oxygens (including phenoxy) is 1. The molecule has 1 saturated heterocycles. The van der Waals surface area contributed by atoms with E-state index in [0.29, 0.717) is 48.8 Å². The second-order valence-corrected chi connectivity index (χ2v) is 6.08. The number of nitrogens with one attached hydrogen (secondary N) is 1. The minimum Gasteiger partial charge on any atom is -0.378 e. The minimum absolute atomic E-state index is 0.176. The van der Waals surface area contributed by atoms with Crippen LogP contribution in [-0.2, 0) is 4.74 Å². The van der Waals surface area contributed by atoms with E-state index in [9.17, 15) is 4.39 Å². The molecule has 2 aromatic rings. The molecule has 0 amide bonds. The molecule has 128 valence electrons. The standard InChI is InChI=1S/C15H16Cl2FN5O/c1-9(11-3-2-10(18)8-19-11)20-15-21-13(17)12(16)14(22-15)23-4-6-24-7-5-23/h2-3,8-9H,4-7H2,1H3,(H,20,21,22)/t9-/m0/s1. The van der Waals surface area contributed by atoms with Crippen LogP contribution in [0.15, 0.2) is 18.3 Å². The van der Waals surface area contributed by atoms with Gasteiger partial charge in [0.1, 0.15) is 10.8 Å². The fraction of sp³-hybridized carbons (Fsp3) is 0.400. The largest absolute Gasteiger partial charge is 0.378 e. The molecular weight excluding hydrogens is 356 g/mol. The van der Waals surface area contributed by atoms with E-state index in [1.54, 1.807) is 6.07 Å². The monoisotopic (exact) mass is 371 g/mol. The Hall–Kier alpha value is -1.70. The first kappa shape index (κ1) is 17.1. The average molecular weight is 372 g/mol. The summed E-state index contributed by atoms with van der Waals surface area (Å²) < 4.78 is 18.3. The molecule has 0 aromatic carbocycles. The van der Waals surface area contributed by atoms with Crippen molar-refractivity contribution in [3.05, 3.63) is 40.0 Å². The fourth-order valence-electron chi connectivity index (χ4n) is 2.37. The highest BCUT2D eigenvalue weighted by molar-refractivity contribution is 6.42. The van der Waals surface area contributed by atoms with E-state index in [4.69, 9.17) is 27.9 Å². The average Bonchev–Trinajstić information content (AvgIpc) is 2.59. The number of hydrogen-bond donors (Lipinski definition) is 1. The van der Waals surface area contributed by atoms with Crippen molar-refractivity contribution in [1.29, 1.82) is 0 Å². The van der Waals surface area contributed by atoms with Gasteiger partial charge >= 0.3 is 0 Å². The van der Waals surface area contributed by atoms with Crippen LogP contribution in [0.5, 0.6) is 0 Å². The lowest BCUT2D eigenvalue weighted by Crippen LogP contribution is -2.37. The molecule has 1 aliphatic heterocycles. The van der Waals surface area contributed by atoms with Gasteiger partial charge in [-0.25, -0.2) is 4.39 Å². The van der Waals surface area contributed by atoms with E-state index < -0.39 is 0 Å². The number of aromatic nitrogens is 3. The van der Waals surface area contributed by atoms with Gasteiger partial charge in [-0.3, -0.25) is 4.98 Å². The smallest absolute Gasteiger partial charge is 0.226 e. The maximum atomic E-state index is 13.0. The van der Waals surface area contributed by atoms with Crippen LogP contribution in [0.3, 0.4) is 0 Å². The molecule has 1 atom stereocenters. The lowest BCUT2D eigenvalue weighted by atomic mass is 10.2. The summed E-state index contributed by atoms with van der Waals surface area (Å²) in [6.45, 7) is 4.46. The quantitative estimate of drug-likeness (QED) is 0.831. The van der Waals surface area contributed by atoms with Crippen LogP contribution in [-0.4, -0.2) is 41.3 Å². The summed E-state index contributed by atoms with van der Waals surface area (Å²) in [5, 5.41) is 3.61. The normalized spacial score (nSPS) is 16.1. The third-order valence-electron chi connectivity index (χ3n) is 3.64. The number of morpholine rings is 1. The SMILES string of the molecule is C[C@H](Nc1nc(Cl)c(Cl)c(N2CCOCC2)n1)c1ccc(F)cn1. The van der Waals surface area contributed by atoms with Gasteiger partial charge in [-0.05, 0) is 19.1 Å². The molecule has 3 heterocycles. The van der Waals surface area contributed by atoms with Gasteiger partial charge in [0.25, 0.3) is 0 Å². The number of nitrogens with zero attached hydrogens (tertiary/aromatic N) is 4. The van der Waals surface area contributed by atoms with Gasteiger partial charge in [0.05, 0.1) is 31.1 Å². The van der Waals surface area contributed by atoms with Gasteiger partial charge in [0.2, 0.25) is 5.95 Å². The van der Waals surface area contributed by atoms with Crippen molar-refractivity contribution in [2.45, 2.75) is 13.0 Å². The lowest BCUT2D eigenvalue weighted by molar-refractivity contribution is 0.122. The van der Waals surface area contributed by atoms with E-state index in [1.165, 1.54) is 12.3 Å². The van der Waals surface area contributed by atoms with E-state index in [-0.39, 0.29) is 17.0 Å². The topological polar surface area (TPSA) is 63.2 Å². The first-order valence-corrected chi connectivity index (χ1v) is 8.24. The summed E-state index contributed by atoms with van der Waals surface area (Å²) in [5.74, 6) is 0.526. The molecule has 1 fully saturated rings. The van der Waals surface area contributed by atoms with Gasteiger partial charge in [0.15, 0.2) is 11.0 Å². The Morgan fingerprint density at radius 3 is 2.67 bits per heavy atom. The Balaban J connectivity index is 1.82. The Kier molecular flexibility index (Phi) is 5.33. The molecule has 1 N–H and O–H groups in total. The second kappa shape index (κ2) is 7.46. The maximum absolute atomic E-state index is 13.0. The van der Waals surface area contributed by atoms with Crippen molar-refractivity contribution < 1.29 is 9.13 Å². The van der Waals surface area contributed by atoms with Crippen molar-refractivity contribution in [2.75, 3.05) is 36.5 Å². The first-order chi connectivity index (χ1) is 11.5. The second-order valence-electron chi connectivity index (χ2n) is 5.34. The first-order valence-electron chi connectivity index (χ1n) is 7.48. The van der Waals surface area contributed by atoms with Gasteiger partial charge in [-0.15, -0.1) is 0 Å². The summed E-state index contributed by atoms with van der Waals surface area (Å²) in [7, 11) is 0. The summed E-state index contributed by atoms with van der Waals surface area (Å²) >= 11 is 12.4. The van der Waals surface area contributed by atoms with E-state index >= 15 is 0 Å². The molecule has 3 rings (SSSR count). The molecule has 0 bridgehead atoms. The maximum Gasteiger partial charge on any atom is 0.226 e. The Morgan fingerprint density at radius 2 is 2.00 bits per heavy atom. The van der Waals surface area contributed by atoms with Gasteiger partial charge in [-0.2, -0.15) is 9.97 Å². The third kappa shape index (κ3) is 3.85. The number of pyridine rings is 1. The highest BCUT2D eigenvalue weighted by atomic mass is 35.5. The highest BCUT2D eigenvalue weighted by Crippen LogP contribution is 2.32. The summed E-state index contributed by atoms with van der Waals surface area (Å²) in [5.41, 5.74) is 0.666. The van der Waals surface area contributed by atoms with Crippen LogP contribution in [0.2, 0.25) is 10.2 Å².